The molecule has 2 aliphatic rings. The van der Waals surface area contributed by atoms with Crippen molar-refractivity contribution in [3.63, 3.8) is 0 Å². The van der Waals surface area contributed by atoms with E-state index in [1.54, 1.807) is 31.5 Å². The van der Waals surface area contributed by atoms with Crippen LogP contribution in [-0.2, 0) is 21.7 Å². The van der Waals surface area contributed by atoms with Crippen molar-refractivity contribution in [3.8, 4) is 11.5 Å². The average molecular weight is 375 g/mol. The number of aromatic nitrogens is 2. The minimum Gasteiger partial charge on any atom is -0.454 e. The first-order valence-corrected chi connectivity index (χ1v) is 9.57. The molecule has 2 aromatic rings. The molecule has 0 spiro atoms. The van der Waals surface area contributed by atoms with Gasteiger partial charge in [-0.25, -0.2) is 13.4 Å². The highest BCUT2D eigenvalue weighted by molar-refractivity contribution is 7.92. The van der Waals surface area contributed by atoms with Gasteiger partial charge >= 0.3 is 0 Å². The maximum Gasteiger partial charge on any atom is 0.246 e. The molecule has 1 fully saturated rings. The van der Waals surface area contributed by atoms with Crippen LogP contribution in [0.3, 0.4) is 0 Å². The number of rotatable bonds is 4. The Labute approximate surface area is 150 Å². The largest absolute Gasteiger partial charge is 0.454 e. The van der Waals surface area contributed by atoms with Crippen LogP contribution >= 0.6 is 0 Å². The van der Waals surface area contributed by atoms with Crippen molar-refractivity contribution >= 4 is 21.8 Å². The summed E-state index contributed by atoms with van der Waals surface area (Å²) in [5.74, 6) is 1.09. The second-order valence-electron chi connectivity index (χ2n) is 6.18. The lowest BCUT2D eigenvalue weighted by molar-refractivity contribution is -0.128. The smallest absolute Gasteiger partial charge is 0.246 e. The second kappa shape index (κ2) is 6.17. The van der Waals surface area contributed by atoms with E-state index < -0.39 is 15.1 Å². The number of fused-ring (bicyclic) bond motifs is 1. The van der Waals surface area contributed by atoms with Crippen molar-refractivity contribution in [3.05, 3.63) is 42.2 Å². The molecule has 1 aromatic heterocycles. The van der Waals surface area contributed by atoms with Crippen LogP contribution in [0.5, 0.6) is 11.5 Å². The highest BCUT2D eigenvalue weighted by Crippen LogP contribution is 2.32. The lowest BCUT2D eigenvalue weighted by Gasteiger charge is -2.37. The van der Waals surface area contributed by atoms with Gasteiger partial charge in [0, 0.05) is 38.6 Å². The van der Waals surface area contributed by atoms with E-state index >= 15 is 0 Å². The van der Waals surface area contributed by atoms with E-state index in [4.69, 9.17) is 9.47 Å². The molecule has 0 bridgehead atoms. The maximum atomic E-state index is 12.5. The van der Waals surface area contributed by atoms with Gasteiger partial charge in [0.25, 0.3) is 0 Å². The standard InChI is InChI=1S/C17H17N3O5S/c1-19-7-6-18-17(19)26(22,23)13-9-20(10-13)16(21)5-3-12-2-4-14-15(8-12)25-11-24-14/h2-8,13H,9-11H2,1H3. The number of ether oxygens (including phenoxy) is 2. The molecule has 8 nitrogen and oxygen atoms in total. The molecule has 4 rings (SSSR count). The third-order valence-electron chi connectivity index (χ3n) is 4.44. The van der Waals surface area contributed by atoms with Crippen LogP contribution in [0.1, 0.15) is 5.56 Å². The highest BCUT2D eigenvalue weighted by Gasteiger charge is 2.41. The van der Waals surface area contributed by atoms with Crippen molar-refractivity contribution in [2.75, 3.05) is 19.9 Å². The van der Waals surface area contributed by atoms with E-state index in [0.717, 1.165) is 5.56 Å². The SMILES string of the molecule is Cn1ccnc1S(=O)(=O)C1CN(C(=O)C=Cc2ccc3c(c2)OCO3)C1. The van der Waals surface area contributed by atoms with Gasteiger partial charge in [0.15, 0.2) is 11.5 Å². The van der Waals surface area contributed by atoms with Gasteiger partial charge in [0.05, 0.1) is 0 Å². The van der Waals surface area contributed by atoms with Gasteiger partial charge < -0.3 is 18.9 Å². The number of nitrogens with zero attached hydrogens (tertiary/aromatic N) is 3. The van der Waals surface area contributed by atoms with Crippen molar-refractivity contribution in [2.24, 2.45) is 7.05 Å². The fourth-order valence-electron chi connectivity index (χ4n) is 2.88. The molecule has 1 amide bonds. The monoisotopic (exact) mass is 375 g/mol. The third kappa shape index (κ3) is 2.84. The number of amides is 1. The number of likely N-dealkylation sites (tertiary alicyclic amines) is 1. The second-order valence-corrected chi connectivity index (χ2v) is 8.30. The predicted octanol–water partition coefficient (Wildman–Crippen LogP) is 0.847. The molecular formula is C17H17N3O5S. The quantitative estimate of drug-likeness (QED) is 0.736. The summed E-state index contributed by atoms with van der Waals surface area (Å²) in [6.45, 7) is 0.528. The molecule has 9 heteroatoms. The van der Waals surface area contributed by atoms with Crippen molar-refractivity contribution in [2.45, 2.75) is 10.4 Å². The van der Waals surface area contributed by atoms with Crippen LogP contribution < -0.4 is 9.47 Å². The first-order valence-electron chi connectivity index (χ1n) is 8.03. The lowest BCUT2D eigenvalue weighted by Crippen LogP contribution is -2.56. The molecule has 0 unspecified atom stereocenters. The Kier molecular flexibility index (Phi) is 3.95. The van der Waals surface area contributed by atoms with Gasteiger partial charge in [-0.2, -0.15) is 0 Å². The highest BCUT2D eigenvalue weighted by atomic mass is 32.2. The summed E-state index contributed by atoms with van der Waals surface area (Å²) in [6.07, 6.45) is 6.14. The number of benzene rings is 1. The molecule has 0 aliphatic carbocycles. The molecule has 0 atom stereocenters. The third-order valence-corrected chi connectivity index (χ3v) is 6.52. The van der Waals surface area contributed by atoms with Gasteiger partial charge in [-0.3, -0.25) is 4.79 Å². The van der Waals surface area contributed by atoms with Crippen molar-refractivity contribution < 1.29 is 22.7 Å². The van der Waals surface area contributed by atoms with E-state index in [2.05, 4.69) is 4.98 Å². The summed E-state index contributed by atoms with van der Waals surface area (Å²) >= 11 is 0. The van der Waals surface area contributed by atoms with Crippen molar-refractivity contribution in [1.29, 1.82) is 0 Å². The molecule has 2 aliphatic heterocycles. The molecule has 1 aromatic carbocycles. The normalized spacial score (nSPS) is 16.9. The Bertz CT molecular complexity index is 990. The van der Waals surface area contributed by atoms with E-state index in [-0.39, 0.29) is 30.9 Å². The van der Waals surface area contributed by atoms with Crippen LogP contribution in [0.4, 0.5) is 0 Å². The van der Waals surface area contributed by atoms with Gasteiger partial charge in [-0.15, -0.1) is 0 Å². The number of sulfone groups is 1. The van der Waals surface area contributed by atoms with Crippen molar-refractivity contribution in [1.82, 2.24) is 14.5 Å². The number of hydrogen-bond acceptors (Lipinski definition) is 6. The topological polar surface area (TPSA) is 90.7 Å². The summed E-state index contributed by atoms with van der Waals surface area (Å²) < 4.78 is 37.0. The first kappa shape index (κ1) is 16.6. The fraction of sp³-hybridized carbons (Fsp3) is 0.294. The van der Waals surface area contributed by atoms with Gasteiger partial charge in [-0.1, -0.05) is 6.07 Å². The summed E-state index contributed by atoms with van der Waals surface area (Å²) in [7, 11) is -1.89. The molecule has 1 saturated heterocycles. The summed E-state index contributed by atoms with van der Waals surface area (Å²) in [4.78, 5) is 17.6. The molecule has 26 heavy (non-hydrogen) atoms. The van der Waals surface area contributed by atoms with Crippen LogP contribution in [-0.4, -0.2) is 53.9 Å². The number of imidazole rings is 1. The number of aryl methyl sites for hydroxylation is 1. The van der Waals surface area contributed by atoms with E-state index in [1.165, 1.54) is 21.7 Å². The zero-order valence-corrected chi connectivity index (χ0v) is 14.8. The molecule has 136 valence electrons. The molecule has 0 saturated carbocycles. The average Bonchev–Trinajstić information content (AvgIpc) is 3.19. The minimum absolute atomic E-state index is 0.0329. The van der Waals surface area contributed by atoms with Gasteiger partial charge in [0.2, 0.25) is 27.7 Å². The molecule has 0 N–H and O–H groups in total. The Hall–Kier alpha value is -2.81. The van der Waals surface area contributed by atoms with E-state index in [1.807, 2.05) is 6.07 Å². The molecule has 3 heterocycles. The Morgan fingerprint density at radius 1 is 1.27 bits per heavy atom. The number of carbonyl (C=O) groups is 1. The van der Waals surface area contributed by atoms with Gasteiger partial charge in [-0.05, 0) is 23.8 Å². The van der Waals surface area contributed by atoms with E-state index in [0.29, 0.717) is 11.5 Å². The van der Waals surface area contributed by atoms with Gasteiger partial charge in [0.1, 0.15) is 5.25 Å². The van der Waals surface area contributed by atoms with Crippen LogP contribution in [0.25, 0.3) is 6.08 Å². The lowest BCUT2D eigenvalue weighted by atomic mass is 10.1. The predicted molar refractivity (Wildman–Crippen MR) is 92.4 cm³/mol. The van der Waals surface area contributed by atoms with Crippen LogP contribution in [0.15, 0.2) is 41.8 Å². The fourth-order valence-corrected chi connectivity index (χ4v) is 4.60. The number of hydrogen-bond donors (Lipinski definition) is 0. The van der Waals surface area contributed by atoms with Crippen LogP contribution in [0, 0.1) is 0 Å². The number of carbonyl (C=O) groups excluding carboxylic acids is 1. The summed E-state index contributed by atoms with van der Waals surface area (Å²) in [6, 6.07) is 5.39. The summed E-state index contributed by atoms with van der Waals surface area (Å²) in [5, 5.41) is -0.586. The Morgan fingerprint density at radius 3 is 2.77 bits per heavy atom. The van der Waals surface area contributed by atoms with E-state index in [9.17, 15) is 13.2 Å². The Morgan fingerprint density at radius 2 is 2.04 bits per heavy atom. The first-order chi connectivity index (χ1) is 12.4. The minimum atomic E-state index is -3.53. The zero-order valence-electron chi connectivity index (χ0n) is 14.0. The maximum absolute atomic E-state index is 12.5. The molecular weight excluding hydrogens is 358 g/mol. The van der Waals surface area contributed by atoms with Crippen LogP contribution in [0.2, 0.25) is 0 Å². The Balaban J connectivity index is 1.38. The summed E-state index contributed by atoms with van der Waals surface area (Å²) in [5.41, 5.74) is 0.806. The zero-order chi connectivity index (χ0) is 18.3. The molecule has 0 radical (unpaired) electrons.